The summed E-state index contributed by atoms with van der Waals surface area (Å²) in [5, 5.41) is 3.35. The highest BCUT2D eigenvalue weighted by molar-refractivity contribution is 6.04. The average molecular weight is 312 g/mol. The van der Waals surface area contributed by atoms with Crippen molar-refractivity contribution in [1.29, 1.82) is 0 Å². The van der Waals surface area contributed by atoms with Crippen molar-refractivity contribution in [3.63, 3.8) is 0 Å². The Morgan fingerprint density at radius 1 is 1.13 bits per heavy atom. The van der Waals surface area contributed by atoms with Crippen molar-refractivity contribution in [2.45, 2.75) is 32.9 Å². The Hall–Kier alpha value is -2.36. The fourth-order valence-corrected chi connectivity index (χ4v) is 2.95. The lowest BCUT2D eigenvalue weighted by Gasteiger charge is -2.36. The van der Waals surface area contributed by atoms with E-state index < -0.39 is 0 Å². The molecule has 0 aliphatic carbocycles. The average Bonchev–Trinajstić information content (AvgIpc) is 2.53. The van der Waals surface area contributed by atoms with E-state index in [1.807, 2.05) is 24.3 Å². The van der Waals surface area contributed by atoms with Gasteiger partial charge in [-0.05, 0) is 42.2 Å². The molecule has 2 aromatic rings. The first-order valence-corrected chi connectivity index (χ1v) is 7.96. The smallest absolute Gasteiger partial charge is 0.249 e. The largest absolute Gasteiger partial charge is 0.372 e. The molecule has 1 atom stereocenters. The first kappa shape index (κ1) is 15.5. The Morgan fingerprint density at radius 3 is 2.52 bits per heavy atom. The number of nitrogens with zero attached hydrogens (tertiary/aromatic N) is 1. The molecule has 23 heavy (non-hydrogen) atoms. The lowest BCUT2D eigenvalue weighted by atomic mass is 9.99. The van der Waals surface area contributed by atoms with Gasteiger partial charge in [-0.3, -0.25) is 4.79 Å². The first-order valence-electron chi connectivity index (χ1n) is 7.96. The van der Waals surface area contributed by atoms with Crippen molar-refractivity contribution in [1.82, 2.24) is 0 Å². The molecule has 0 fully saturated rings. The summed E-state index contributed by atoms with van der Waals surface area (Å²) in [5.74, 6) is 0.231. The molecule has 3 rings (SSSR count). The molecule has 1 unspecified atom stereocenters. The summed E-state index contributed by atoms with van der Waals surface area (Å²) in [6, 6.07) is 13.9. The predicted molar refractivity (Wildman–Crippen MR) is 90.9 cm³/mol. The van der Waals surface area contributed by atoms with Crippen molar-refractivity contribution >= 4 is 17.3 Å². The third kappa shape index (κ3) is 3.36. The number of para-hydroxylation sites is 2. The van der Waals surface area contributed by atoms with Gasteiger partial charge >= 0.3 is 0 Å². The molecule has 1 N–H and O–H groups in total. The van der Waals surface area contributed by atoms with E-state index in [1.165, 1.54) is 12.1 Å². The van der Waals surface area contributed by atoms with Gasteiger partial charge in [-0.25, -0.2) is 4.39 Å². The Labute approximate surface area is 136 Å². The summed E-state index contributed by atoms with van der Waals surface area (Å²) in [6.45, 7) is 4.67. The maximum Gasteiger partial charge on any atom is 0.249 e. The van der Waals surface area contributed by atoms with Gasteiger partial charge < -0.3 is 10.2 Å². The van der Waals surface area contributed by atoms with Crippen molar-refractivity contribution in [3.05, 3.63) is 59.9 Å². The molecule has 4 heteroatoms. The number of fused-ring (bicyclic) bond motifs is 1. The molecule has 1 aliphatic heterocycles. The van der Waals surface area contributed by atoms with E-state index in [2.05, 4.69) is 19.2 Å². The van der Waals surface area contributed by atoms with Crippen molar-refractivity contribution < 1.29 is 9.18 Å². The quantitative estimate of drug-likeness (QED) is 0.917. The minimum atomic E-state index is -0.265. The summed E-state index contributed by atoms with van der Waals surface area (Å²) in [4.78, 5) is 14.7. The summed E-state index contributed by atoms with van der Waals surface area (Å²) in [7, 11) is 0. The monoisotopic (exact) mass is 312 g/mol. The highest BCUT2D eigenvalue weighted by atomic mass is 19.1. The fraction of sp³-hybridized carbons (Fsp3) is 0.316. The van der Waals surface area contributed by atoms with Crippen LogP contribution in [0.2, 0.25) is 0 Å². The number of carbonyl (C=O) groups excluding carboxylic acids is 1. The van der Waals surface area contributed by atoms with Gasteiger partial charge in [0, 0.05) is 0 Å². The van der Waals surface area contributed by atoms with E-state index >= 15 is 0 Å². The Balaban J connectivity index is 1.92. The lowest BCUT2D eigenvalue weighted by Crippen LogP contribution is -2.47. The lowest BCUT2D eigenvalue weighted by molar-refractivity contribution is -0.120. The van der Waals surface area contributed by atoms with Gasteiger partial charge in [0.25, 0.3) is 0 Å². The van der Waals surface area contributed by atoms with Gasteiger partial charge in [-0.2, -0.15) is 0 Å². The number of rotatable bonds is 4. The van der Waals surface area contributed by atoms with Crippen LogP contribution in [0, 0.1) is 11.7 Å². The Morgan fingerprint density at radius 2 is 1.83 bits per heavy atom. The van der Waals surface area contributed by atoms with Gasteiger partial charge in [-0.15, -0.1) is 0 Å². The van der Waals surface area contributed by atoms with Gasteiger partial charge in [0.2, 0.25) is 5.91 Å². The number of hydrogen-bond acceptors (Lipinski definition) is 2. The molecule has 1 heterocycles. The van der Waals surface area contributed by atoms with E-state index in [0.717, 1.165) is 23.4 Å². The molecule has 1 amide bonds. The molecule has 0 aromatic heterocycles. The van der Waals surface area contributed by atoms with Crippen LogP contribution in [0.4, 0.5) is 15.8 Å². The molecule has 0 spiro atoms. The molecule has 0 radical (unpaired) electrons. The molecular weight excluding hydrogens is 291 g/mol. The minimum Gasteiger partial charge on any atom is -0.372 e. The predicted octanol–water partition coefficient (Wildman–Crippen LogP) is 4.20. The van der Waals surface area contributed by atoms with Crippen LogP contribution in [-0.2, 0) is 11.3 Å². The number of nitrogens with one attached hydrogen (secondary N) is 1. The summed E-state index contributed by atoms with van der Waals surface area (Å²) in [5.41, 5.74) is 2.77. The van der Waals surface area contributed by atoms with Crippen LogP contribution >= 0.6 is 0 Å². The van der Waals surface area contributed by atoms with E-state index in [1.54, 1.807) is 17.0 Å². The number of anilines is 2. The van der Waals surface area contributed by atoms with Gasteiger partial charge in [0.15, 0.2) is 0 Å². The first-order chi connectivity index (χ1) is 11.0. The number of halogens is 1. The highest BCUT2D eigenvalue weighted by Crippen LogP contribution is 2.33. The van der Waals surface area contributed by atoms with Crippen LogP contribution in [0.3, 0.4) is 0 Å². The molecule has 0 saturated carbocycles. The zero-order chi connectivity index (χ0) is 16.4. The second-order valence-electron chi connectivity index (χ2n) is 6.39. The zero-order valence-electron chi connectivity index (χ0n) is 13.4. The van der Waals surface area contributed by atoms with Crippen LogP contribution in [0.5, 0.6) is 0 Å². The zero-order valence-corrected chi connectivity index (χ0v) is 13.4. The van der Waals surface area contributed by atoms with Gasteiger partial charge in [0.1, 0.15) is 11.9 Å². The number of hydrogen-bond donors (Lipinski definition) is 1. The molecule has 2 aromatic carbocycles. The number of benzene rings is 2. The van der Waals surface area contributed by atoms with Crippen molar-refractivity contribution in [2.75, 3.05) is 10.2 Å². The van der Waals surface area contributed by atoms with Crippen molar-refractivity contribution in [2.24, 2.45) is 5.92 Å². The van der Waals surface area contributed by atoms with Crippen molar-refractivity contribution in [3.8, 4) is 0 Å². The number of carbonyl (C=O) groups is 1. The van der Waals surface area contributed by atoms with E-state index in [-0.39, 0.29) is 17.8 Å². The fourth-order valence-electron chi connectivity index (χ4n) is 2.95. The highest BCUT2D eigenvalue weighted by Gasteiger charge is 2.32. The second kappa shape index (κ2) is 6.41. The van der Waals surface area contributed by atoms with E-state index in [0.29, 0.717) is 12.5 Å². The molecule has 0 saturated heterocycles. The topological polar surface area (TPSA) is 32.3 Å². The molecular formula is C19H21FN2O. The minimum absolute atomic E-state index is 0.0710. The van der Waals surface area contributed by atoms with Gasteiger partial charge in [0.05, 0.1) is 17.9 Å². The van der Waals surface area contributed by atoms with E-state index in [4.69, 9.17) is 0 Å². The second-order valence-corrected chi connectivity index (χ2v) is 6.39. The maximum absolute atomic E-state index is 13.1. The normalized spacial score (nSPS) is 17.1. The summed E-state index contributed by atoms with van der Waals surface area (Å²) >= 11 is 0. The molecule has 1 aliphatic rings. The standard InChI is InChI=1S/C19H21FN2O/c1-13(2)11-17-19(23)22(12-14-7-9-15(20)10-8-14)18-6-4-3-5-16(18)21-17/h3-10,13,17,21H,11-12H2,1-2H3. The van der Waals surface area contributed by atoms with Crippen LogP contribution in [0.1, 0.15) is 25.8 Å². The SMILES string of the molecule is CC(C)CC1Nc2ccccc2N(Cc2ccc(F)cc2)C1=O. The molecule has 120 valence electrons. The third-order valence-electron chi connectivity index (χ3n) is 4.05. The van der Waals surface area contributed by atoms with Crippen LogP contribution in [0.15, 0.2) is 48.5 Å². The summed E-state index contributed by atoms with van der Waals surface area (Å²) in [6.07, 6.45) is 0.785. The number of amides is 1. The van der Waals surface area contributed by atoms with Gasteiger partial charge in [-0.1, -0.05) is 38.1 Å². The maximum atomic E-state index is 13.1. The third-order valence-corrected chi connectivity index (χ3v) is 4.05. The van der Waals surface area contributed by atoms with E-state index in [9.17, 15) is 9.18 Å². The van der Waals surface area contributed by atoms with Crippen LogP contribution in [-0.4, -0.2) is 11.9 Å². The Kier molecular flexibility index (Phi) is 4.33. The molecule has 0 bridgehead atoms. The summed E-state index contributed by atoms with van der Waals surface area (Å²) < 4.78 is 13.1. The van der Waals surface area contributed by atoms with Crippen LogP contribution < -0.4 is 10.2 Å². The van der Waals surface area contributed by atoms with Crippen LogP contribution in [0.25, 0.3) is 0 Å². The Bertz CT molecular complexity index is 697. The molecule has 3 nitrogen and oxygen atoms in total.